The number of benzene rings is 1. The third-order valence-electron chi connectivity index (χ3n) is 5.64. The van der Waals surface area contributed by atoms with Gasteiger partial charge >= 0.3 is 0 Å². The lowest BCUT2D eigenvalue weighted by Gasteiger charge is -2.45. The number of rotatable bonds is 1. The van der Waals surface area contributed by atoms with E-state index in [-0.39, 0.29) is 29.9 Å². The monoisotopic (exact) mass is 341 g/mol. The summed E-state index contributed by atoms with van der Waals surface area (Å²) in [6, 6.07) is 3.80. The van der Waals surface area contributed by atoms with Crippen LogP contribution in [0.4, 0.5) is 0 Å². The van der Waals surface area contributed by atoms with Gasteiger partial charge in [0.25, 0.3) is 5.91 Å². The number of imide groups is 1. The molecule has 25 heavy (non-hydrogen) atoms. The van der Waals surface area contributed by atoms with Crippen molar-refractivity contribution in [3.63, 3.8) is 0 Å². The van der Waals surface area contributed by atoms with Crippen molar-refractivity contribution in [2.24, 2.45) is 0 Å². The normalized spacial score (nSPS) is 24.1. The van der Waals surface area contributed by atoms with E-state index >= 15 is 0 Å². The van der Waals surface area contributed by atoms with Gasteiger partial charge in [-0.05, 0) is 42.5 Å². The van der Waals surface area contributed by atoms with E-state index in [0.29, 0.717) is 24.8 Å². The zero-order chi connectivity index (χ0) is 17.2. The maximum atomic E-state index is 12.8. The number of aryl methyl sites for hydroxylation is 1. The number of carbonyl (C=O) groups excluding carboxylic acids is 3. The Morgan fingerprint density at radius 3 is 2.44 bits per heavy atom. The molecule has 0 saturated carbocycles. The van der Waals surface area contributed by atoms with Crippen LogP contribution in [0.1, 0.15) is 47.2 Å². The van der Waals surface area contributed by atoms with E-state index in [1.54, 1.807) is 0 Å². The zero-order valence-corrected chi connectivity index (χ0v) is 13.8. The van der Waals surface area contributed by atoms with Crippen LogP contribution in [0.25, 0.3) is 0 Å². The van der Waals surface area contributed by atoms with Crippen LogP contribution in [0.3, 0.4) is 0 Å². The average Bonchev–Trinajstić information content (AvgIpc) is 2.87. The minimum atomic E-state index is -0.294. The van der Waals surface area contributed by atoms with Crippen LogP contribution < -0.4 is 10.1 Å². The molecule has 0 bridgehead atoms. The van der Waals surface area contributed by atoms with Gasteiger partial charge in [0, 0.05) is 31.5 Å². The van der Waals surface area contributed by atoms with Gasteiger partial charge in [-0.3, -0.25) is 14.4 Å². The van der Waals surface area contributed by atoms with Crippen LogP contribution in [-0.2, 0) is 22.6 Å². The van der Waals surface area contributed by atoms with Crippen molar-refractivity contribution in [1.29, 1.82) is 0 Å². The van der Waals surface area contributed by atoms with Crippen LogP contribution in [0, 0.1) is 0 Å². The molecule has 0 unspecified atom stereocenters. The first-order chi connectivity index (χ1) is 12.1. The molecule has 2 saturated heterocycles. The van der Waals surface area contributed by atoms with Gasteiger partial charge in [-0.25, -0.2) is 5.01 Å². The molecule has 130 valence electrons. The van der Waals surface area contributed by atoms with Crippen molar-refractivity contribution >= 4 is 17.7 Å². The van der Waals surface area contributed by atoms with E-state index in [9.17, 15) is 14.4 Å². The predicted molar refractivity (Wildman–Crippen MR) is 86.6 cm³/mol. The Balaban J connectivity index is 1.47. The molecule has 0 aliphatic carbocycles. The summed E-state index contributed by atoms with van der Waals surface area (Å²) < 4.78 is 6.20. The van der Waals surface area contributed by atoms with Crippen LogP contribution in [-0.4, -0.2) is 46.4 Å². The second kappa shape index (κ2) is 5.05. The van der Waals surface area contributed by atoms with Crippen LogP contribution in [0.5, 0.6) is 5.75 Å². The Morgan fingerprint density at radius 2 is 1.76 bits per heavy atom. The molecule has 4 heterocycles. The molecule has 0 atom stereocenters. The molecule has 4 aliphatic rings. The minimum absolute atomic E-state index is 0.109. The van der Waals surface area contributed by atoms with Gasteiger partial charge in [0.2, 0.25) is 11.8 Å². The molecule has 1 N–H and O–H groups in total. The Bertz CT molecular complexity index is 799. The first-order valence-electron chi connectivity index (χ1n) is 8.79. The molecule has 7 nitrogen and oxygen atoms in total. The van der Waals surface area contributed by atoms with E-state index in [1.165, 1.54) is 5.01 Å². The summed E-state index contributed by atoms with van der Waals surface area (Å²) in [4.78, 5) is 37.1. The number of nitrogens with zero attached hydrogens (tertiary/aromatic N) is 2. The quantitative estimate of drug-likeness (QED) is 0.763. The summed E-state index contributed by atoms with van der Waals surface area (Å²) in [6.07, 6.45) is 2.98. The highest BCUT2D eigenvalue weighted by molar-refractivity contribution is 6.04. The third-order valence-corrected chi connectivity index (χ3v) is 5.64. The minimum Gasteiger partial charge on any atom is -0.484 e. The molecule has 0 aromatic heterocycles. The van der Waals surface area contributed by atoms with E-state index in [2.05, 4.69) is 5.32 Å². The number of ether oxygens (including phenoxy) is 1. The van der Waals surface area contributed by atoms with Gasteiger partial charge in [0.05, 0.1) is 6.54 Å². The summed E-state index contributed by atoms with van der Waals surface area (Å²) in [5.41, 5.74) is 2.32. The number of piperidine rings is 1. The SMILES string of the molecule is O=C1c2cc3c(cc2CN1N1C(=O)CCCC1=O)OC1(CC3)CNC1. The van der Waals surface area contributed by atoms with Gasteiger partial charge in [0.15, 0.2) is 0 Å². The Kier molecular flexibility index (Phi) is 3.01. The van der Waals surface area contributed by atoms with Gasteiger partial charge in [-0.1, -0.05) is 0 Å². The van der Waals surface area contributed by atoms with Crippen molar-refractivity contribution < 1.29 is 19.1 Å². The smallest absolute Gasteiger partial charge is 0.273 e. The van der Waals surface area contributed by atoms with Crippen LogP contribution in [0.15, 0.2) is 12.1 Å². The molecular formula is C18H19N3O4. The fourth-order valence-corrected chi connectivity index (χ4v) is 4.13. The highest BCUT2D eigenvalue weighted by Gasteiger charge is 2.44. The van der Waals surface area contributed by atoms with Gasteiger partial charge in [-0.2, -0.15) is 5.01 Å². The summed E-state index contributed by atoms with van der Waals surface area (Å²) in [6.45, 7) is 1.95. The van der Waals surface area contributed by atoms with Crippen LogP contribution in [0.2, 0.25) is 0 Å². The molecule has 0 radical (unpaired) electrons. The lowest BCUT2D eigenvalue weighted by Crippen LogP contribution is -2.64. The molecule has 4 aliphatic heterocycles. The third kappa shape index (κ3) is 2.12. The molecular weight excluding hydrogens is 322 g/mol. The Hall–Kier alpha value is -2.41. The van der Waals surface area contributed by atoms with Gasteiger partial charge in [-0.15, -0.1) is 0 Å². The lowest BCUT2D eigenvalue weighted by molar-refractivity contribution is -0.163. The first kappa shape index (κ1) is 14.9. The molecule has 7 heteroatoms. The lowest BCUT2D eigenvalue weighted by atomic mass is 9.85. The molecule has 1 aromatic rings. The second-order valence-corrected chi connectivity index (χ2v) is 7.32. The molecule has 1 aromatic carbocycles. The molecule has 3 amide bonds. The predicted octanol–water partition coefficient (Wildman–Crippen LogP) is 0.763. The maximum Gasteiger partial charge on any atom is 0.273 e. The fourth-order valence-electron chi connectivity index (χ4n) is 4.13. The topological polar surface area (TPSA) is 79.0 Å². The number of hydrogen-bond acceptors (Lipinski definition) is 5. The summed E-state index contributed by atoms with van der Waals surface area (Å²) in [5, 5.41) is 5.59. The molecule has 2 fully saturated rings. The number of nitrogens with one attached hydrogen (secondary N) is 1. The summed E-state index contributed by atoms with van der Waals surface area (Å²) in [7, 11) is 0. The largest absolute Gasteiger partial charge is 0.484 e. The summed E-state index contributed by atoms with van der Waals surface area (Å²) >= 11 is 0. The number of hydrogen-bond donors (Lipinski definition) is 1. The van der Waals surface area contributed by atoms with Gasteiger partial charge < -0.3 is 10.1 Å². The van der Waals surface area contributed by atoms with E-state index < -0.39 is 0 Å². The number of amides is 3. The fraction of sp³-hybridized carbons (Fsp3) is 0.500. The zero-order valence-electron chi connectivity index (χ0n) is 13.8. The Labute approximate surface area is 144 Å². The van der Waals surface area contributed by atoms with Crippen LogP contribution >= 0.6 is 0 Å². The molecule has 5 rings (SSSR count). The van der Waals surface area contributed by atoms with Crippen molar-refractivity contribution in [2.75, 3.05) is 13.1 Å². The van der Waals surface area contributed by atoms with Crippen molar-refractivity contribution in [2.45, 2.75) is 44.2 Å². The van der Waals surface area contributed by atoms with Crippen molar-refractivity contribution in [3.8, 4) is 5.75 Å². The summed E-state index contributed by atoms with van der Waals surface area (Å²) in [5.74, 6) is -0.0275. The van der Waals surface area contributed by atoms with Crippen molar-refractivity contribution in [1.82, 2.24) is 15.3 Å². The highest BCUT2D eigenvalue weighted by atomic mass is 16.5. The number of fused-ring (bicyclic) bond motifs is 2. The number of hydrazine groups is 1. The Morgan fingerprint density at radius 1 is 1.00 bits per heavy atom. The average molecular weight is 341 g/mol. The van der Waals surface area contributed by atoms with E-state index in [1.807, 2.05) is 12.1 Å². The maximum absolute atomic E-state index is 12.8. The number of carbonyl (C=O) groups is 3. The molecule has 1 spiro atoms. The van der Waals surface area contributed by atoms with Crippen molar-refractivity contribution in [3.05, 3.63) is 28.8 Å². The van der Waals surface area contributed by atoms with E-state index in [0.717, 1.165) is 47.8 Å². The van der Waals surface area contributed by atoms with Gasteiger partial charge in [0.1, 0.15) is 11.4 Å². The highest BCUT2D eigenvalue weighted by Crippen LogP contribution is 2.39. The standard InChI is InChI=1S/C18H19N3O4/c22-15-2-1-3-16(23)21(15)20-8-12-7-14-11(6-13(12)17(20)24)4-5-18(25-14)9-19-10-18/h6-7,19H,1-5,8-10H2. The second-order valence-electron chi connectivity index (χ2n) is 7.32. The van der Waals surface area contributed by atoms with E-state index in [4.69, 9.17) is 4.74 Å². The first-order valence-corrected chi connectivity index (χ1v) is 8.79.